The first-order chi connectivity index (χ1) is 10.7. The molecule has 112 valence electrons. The Bertz CT molecular complexity index is 792. The average molecular weight is 359 g/mol. The van der Waals surface area contributed by atoms with Gasteiger partial charge in [-0.25, -0.2) is 9.97 Å². The van der Waals surface area contributed by atoms with Gasteiger partial charge in [0.15, 0.2) is 0 Å². The molecule has 22 heavy (non-hydrogen) atoms. The SMILES string of the molecule is Cc1nc2ccccc2nc1OCCOc1cccc(Br)c1. The maximum Gasteiger partial charge on any atom is 0.236 e. The van der Waals surface area contributed by atoms with Crippen LogP contribution < -0.4 is 9.47 Å². The number of rotatable bonds is 5. The lowest BCUT2D eigenvalue weighted by molar-refractivity contribution is 0.211. The van der Waals surface area contributed by atoms with Gasteiger partial charge in [-0.05, 0) is 37.3 Å². The highest BCUT2D eigenvalue weighted by Crippen LogP contribution is 2.19. The van der Waals surface area contributed by atoms with Gasteiger partial charge in [0, 0.05) is 4.47 Å². The molecule has 1 aromatic heterocycles. The third-order valence-electron chi connectivity index (χ3n) is 3.09. The third-order valence-corrected chi connectivity index (χ3v) is 3.58. The summed E-state index contributed by atoms with van der Waals surface area (Å²) in [6.07, 6.45) is 0. The molecule has 3 rings (SSSR count). The summed E-state index contributed by atoms with van der Waals surface area (Å²) in [6, 6.07) is 15.5. The topological polar surface area (TPSA) is 44.2 Å². The van der Waals surface area contributed by atoms with Gasteiger partial charge < -0.3 is 9.47 Å². The zero-order valence-corrected chi connectivity index (χ0v) is 13.7. The largest absolute Gasteiger partial charge is 0.490 e. The molecule has 0 aliphatic carbocycles. The van der Waals surface area contributed by atoms with Crippen LogP contribution in [0.5, 0.6) is 11.6 Å². The number of ether oxygens (including phenoxy) is 2. The summed E-state index contributed by atoms with van der Waals surface area (Å²) >= 11 is 3.41. The second kappa shape index (κ2) is 6.75. The highest BCUT2D eigenvalue weighted by molar-refractivity contribution is 9.10. The van der Waals surface area contributed by atoms with Gasteiger partial charge >= 0.3 is 0 Å². The van der Waals surface area contributed by atoms with E-state index < -0.39 is 0 Å². The Morgan fingerprint density at radius 3 is 2.41 bits per heavy atom. The molecule has 1 heterocycles. The fraction of sp³-hybridized carbons (Fsp3) is 0.176. The number of para-hydroxylation sites is 2. The number of aryl methyl sites for hydroxylation is 1. The molecular weight excluding hydrogens is 344 g/mol. The molecule has 2 aromatic carbocycles. The van der Waals surface area contributed by atoms with Gasteiger partial charge in [0.05, 0.1) is 11.0 Å². The highest BCUT2D eigenvalue weighted by atomic mass is 79.9. The van der Waals surface area contributed by atoms with Gasteiger partial charge in [0.25, 0.3) is 0 Å². The van der Waals surface area contributed by atoms with E-state index in [1.54, 1.807) is 0 Å². The summed E-state index contributed by atoms with van der Waals surface area (Å²) in [5.74, 6) is 1.36. The monoisotopic (exact) mass is 358 g/mol. The lowest BCUT2D eigenvalue weighted by Crippen LogP contribution is -2.11. The van der Waals surface area contributed by atoms with Crippen molar-refractivity contribution in [3.05, 3.63) is 58.7 Å². The van der Waals surface area contributed by atoms with Gasteiger partial charge in [-0.2, -0.15) is 0 Å². The Balaban J connectivity index is 1.60. The van der Waals surface area contributed by atoms with Crippen molar-refractivity contribution in [3.63, 3.8) is 0 Å². The van der Waals surface area contributed by atoms with Crippen LogP contribution in [0.2, 0.25) is 0 Å². The van der Waals surface area contributed by atoms with Gasteiger partial charge in [-0.15, -0.1) is 0 Å². The molecule has 4 nitrogen and oxygen atoms in total. The maximum absolute atomic E-state index is 5.69. The van der Waals surface area contributed by atoms with E-state index in [-0.39, 0.29) is 0 Å². The van der Waals surface area contributed by atoms with E-state index in [2.05, 4.69) is 25.9 Å². The predicted molar refractivity (Wildman–Crippen MR) is 89.4 cm³/mol. The van der Waals surface area contributed by atoms with Crippen LogP contribution in [0.15, 0.2) is 53.0 Å². The maximum atomic E-state index is 5.69. The molecule has 0 saturated heterocycles. The van der Waals surface area contributed by atoms with Crippen molar-refractivity contribution in [1.82, 2.24) is 9.97 Å². The lowest BCUT2D eigenvalue weighted by Gasteiger charge is -2.10. The number of halogens is 1. The fourth-order valence-corrected chi connectivity index (χ4v) is 2.44. The molecule has 0 N–H and O–H groups in total. The van der Waals surface area contributed by atoms with Crippen molar-refractivity contribution >= 4 is 27.0 Å². The minimum absolute atomic E-state index is 0.417. The van der Waals surface area contributed by atoms with E-state index >= 15 is 0 Å². The van der Waals surface area contributed by atoms with Crippen molar-refractivity contribution in [2.45, 2.75) is 6.92 Å². The number of hydrogen-bond donors (Lipinski definition) is 0. The molecule has 0 unspecified atom stereocenters. The molecule has 0 saturated carbocycles. The van der Waals surface area contributed by atoms with E-state index in [0.29, 0.717) is 19.1 Å². The van der Waals surface area contributed by atoms with Crippen LogP contribution in [0, 0.1) is 6.92 Å². The van der Waals surface area contributed by atoms with Crippen molar-refractivity contribution in [3.8, 4) is 11.6 Å². The minimum Gasteiger partial charge on any atom is -0.490 e. The molecule has 0 amide bonds. The second-order valence-electron chi connectivity index (χ2n) is 4.76. The van der Waals surface area contributed by atoms with E-state index in [1.807, 2.05) is 55.5 Å². The summed E-state index contributed by atoms with van der Waals surface area (Å²) in [4.78, 5) is 8.98. The Labute approximate surface area is 137 Å². The van der Waals surface area contributed by atoms with Crippen molar-refractivity contribution in [2.24, 2.45) is 0 Å². The molecule has 0 aliphatic rings. The number of nitrogens with zero attached hydrogens (tertiary/aromatic N) is 2. The smallest absolute Gasteiger partial charge is 0.236 e. The van der Waals surface area contributed by atoms with Gasteiger partial charge in [0.1, 0.15) is 24.7 Å². The van der Waals surface area contributed by atoms with Crippen LogP contribution >= 0.6 is 15.9 Å². The zero-order valence-electron chi connectivity index (χ0n) is 12.1. The van der Waals surface area contributed by atoms with Gasteiger partial charge in [-0.3, -0.25) is 0 Å². The molecule has 0 bridgehead atoms. The zero-order chi connectivity index (χ0) is 15.4. The van der Waals surface area contributed by atoms with Crippen molar-refractivity contribution in [1.29, 1.82) is 0 Å². The molecule has 0 radical (unpaired) electrons. The second-order valence-corrected chi connectivity index (χ2v) is 5.67. The van der Waals surface area contributed by atoms with E-state index in [9.17, 15) is 0 Å². The first-order valence-corrected chi connectivity index (χ1v) is 7.76. The van der Waals surface area contributed by atoms with Crippen molar-refractivity contribution < 1.29 is 9.47 Å². The normalized spacial score (nSPS) is 10.6. The van der Waals surface area contributed by atoms with E-state index in [4.69, 9.17) is 9.47 Å². The summed E-state index contributed by atoms with van der Waals surface area (Å²) in [5, 5.41) is 0. The Kier molecular flexibility index (Phi) is 4.53. The summed E-state index contributed by atoms with van der Waals surface area (Å²) in [7, 11) is 0. The molecule has 0 atom stereocenters. The summed E-state index contributed by atoms with van der Waals surface area (Å²) in [6.45, 7) is 2.76. The number of benzene rings is 2. The number of aromatic nitrogens is 2. The first-order valence-electron chi connectivity index (χ1n) is 6.97. The predicted octanol–water partition coefficient (Wildman–Crippen LogP) is 4.16. The van der Waals surface area contributed by atoms with Crippen LogP contribution in [0.4, 0.5) is 0 Å². The quantitative estimate of drug-likeness (QED) is 0.642. The van der Waals surface area contributed by atoms with Gasteiger partial charge in [0.2, 0.25) is 5.88 Å². The molecule has 0 fully saturated rings. The Hall–Kier alpha value is -2.14. The molecule has 3 aromatic rings. The number of fused-ring (bicyclic) bond motifs is 1. The van der Waals surface area contributed by atoms with Crippen LogP contribution in [-0.4, -0.2) is 23.2 Å². The highest BCUT2D eigenvalue weighted by Gasteiger charge is 2.06. The van der Waals surface area contributed by atoms with E-state index in [0.717, 1.165) is 26.9 Å². The summed E-state index contributed by atoms with van der Waals surface area (Å²) < 4.78 is 12.3. The Morgan fingerprint density at radius 1 is 0.909 bits per heavy atom. The number of hydrogen-bond acceptors (Lipinski definition) is 4. The molecule has 5 heteroatoms. The van der Waals surface area contributed by atoms with Crippen LogP contribution in [0.3, 0.4) is 0 Å². The Morgan fingerprint density at radius 2 is 1.64 bits per heavy atom. The summed E-state index contributed by atoms with van der Waals surface area (Å²) in [5.41, 5.74) is 2.48. The minimum atomic E-state index is 0.417. The third kappa shape index (κ3) is 3.54. The van der Waals surface area contributed by atoms with Crippen LogP contribution in [-0.2, 0) is 0 Å². The average Bonchev–Trinajstić information content (AvgIpc) is 2.52. The van der Waals surface area contributed by atoms with Crippen LogP contribution in [0.1, 0.15) is 5.69 Å². The standard InChI is InChI=1S/C17H15BrN2O2/c1-12-17(20-16-8-3-2-7-15(16)19-12)22-10-9-21-14-6-4-5-13(18)11-14/h2-8,11H,9-10H2,1H3. The first kappa shape index (κ1) is 14.8. The molecule has 0 spiro atoms. The lowest BCUT2D eigenvalue weighted by atomic mass is 10.3. The van der Waals surface area contributed by atoms with Crippen LogP contribution in [0.25, 0.3) is 11.0 Å². The van der Waals surface area contributed by atoms with Gasteiger partial charge in [-0.1, -0.05) is 34.1 Å². The molecule has 0 aliphatic heterocycles. The van der Waals surface area contributed by atoms with E-state index in [1.165, 1.54) is 0 Å². The molecular formula is C17H15BrN2O2. The van der Waals surface area contributed by atoms with Crippen molar-refractivity contribution in [2.75, 3.05) is 13.2 Å². The fourth-order valence-electron chi connectivity index (χ4n) is 2.06.